The van der Waals surface area contributed by atoms with Gasteiger partial charge in [0.25, 0.3) is 5.91 Å². The van der Waals surface area contributed by atoms with E-state index in [-0.39, 0.29) is 5.91 Å². The molecule has 0 aliphatic rings. The molecule has 3 N–H and O–H groups in total. The highest BCUT2D eigenvalue weighted by Crippen LogP contribution is 2.23. The number of amides is 1. The predicted molar refractivity (Wildman–Crippen MR) is 85.2 cm³/mol. The first-order valence-electron chi connectivity index (χ1n) is 6.47. The van der Waals surface area contributed by atoms with Crippen LogP contribution in [-0.2, 0) is 13.1 Å². The number of nitrogens with two attached hydrogens (primary N) is 1. The average molecular weight is 335 g/mol. The lowest BCUT2D eigenvalue weighted by Crippen LogP contribution is -2.23. The lowest BCUT2D eigenvalue weighted by Gasteiger charge is -2.05. The van der Waals surface area contributed by atoms with E-state index in [0.717, 1.165) is 5.76 Å². The molecule has 0 atom stereocenters. The molecule has 3 heterocycles. The number of nitrogen functional groups attached to an aromatic ring is 1. The van der Waals surface area contributed by atoms with Gasteiger partial charge in [0.1, 0.15) is 22.2 Å². The van der Waals surface area contributed by atoms with Crippen molar-refractivity contribution in [1.29, 1.82) is 0 Å². The maximum absolute atomic E-state index is 12.2. The Morgan fingerprint density at radius 2 is 1.95 bits per heavy atom. The van der Waals surface area contributed by atoms with Gasteiger partial charge in [0.15, 0.2) is 3.95 Å². The number of rotatable bonds is 5. The molecule has 0 saturated carbocycles. The van der Waals surface area contributed by atoms with Crippen molar-refractivity contribution in [3.63, 3.8) is 0 Å². The summed E-state index contributed by atoms with van der Waals surface area (Å²) in [5, 5.41) is 2.76. The number of anilines is 1. The molecule has 0 spiro atoms. The van der Waals surface area contributed by atoms with Crippen LogP contribution >= 0.6 is 23.6 Å². The number of hydrogen-bond acceptors (Lipinski definition) is 6. The minimum absolute atomic E-state index is 0.275. The summed E-state index contributed by atoms with van der Waals surface area (Å²) in [6, 6.07) is 7.17. The van der Waals surface area contributed by atoms with Crippen molar-refractivity contribution < 1.29 is 13.6 Å². The summed E-state index contributed by atoms with van der Waals surface area (Å²) in [7, 11) is 0. The molecule has 0 aliphatic carbocycles. The summed E-state index contributed by atoms with van der Waals surface area (Å²) in [4.78, 5) is 12.6. The Kier molecular flexibility index (Phi) is 4.12. The number of carbonyl (C=O) groups excluding carboxylic acids is 1. The van der Waals surface area contributed by atoms with Crippen LogP contribution < -0.4 is 11.1 Å². The molecule has 8 heteroatoms. The van der Waals surface area contributed by atoms with Crippen LogP contribution in [0.5, 0.6) is 0 Å². The summed E-state index contributed by atoms with van der Waals surface area (Å²) >= 11 is 6.45. The lowest BCUT2D eigenvalue weighted by molar-refractivity contribution is 0.0952. The molecule has 0 bridgehead atoms. The van der Waals surface area contributed by atoms with Gasteiger partial charge in [-0.1, -0.05) is 11.3 Å². The molecule has 3 aromatic heterocycles. The first-order valence-corrected chi connectivity index (χ1v) is 7.69. The maximum Gasteiger partial charge on any atom is 0.265 e. The maximum atomic E-state index is 12.2. The van der Waals surface area contributed by atoms with Gasteiger partial charge in [-0.3, -0.25) is 4.79 Å². The minimum atomic E-state index is -0.275. The van der Waals surface area contributed by atoms with E-state index in [4.69, 9.17) is 26.8 Å². The Bertz CT molecular complexity index is 816. The summed E-state index contributed by atoms with van der Waals surface area (Å²) in [5.74, 6) is 1.46. The molecule has 0 saturated heterocycles. The van der Waals surface area contributed by atoms with Crippen LogP contribution in [0.3, 0.4) is 0 Å². The van der Waals surface area contributed by atoms with Crippen molar-refractivity contribution >= 4 is 35.3 Å². The fourth-order valence-electron chi connectivity index (χ4n) is 1.95. The third kappa shape index (κ3) is 2.97. The Hall–Kier alpha value is -2.32. The van der Waals surface area contributed by atoms with Gasteiger partial charge in [0.05, 0.1) is 25.6 Å². The van der Waals surface area contributed by atoms with E-state index in [9.17, 15) is 4.79 Å². The highest BCUT2D eigenvalue weighted by molar-refractivity contribution is 7.73. The van der Waals surface area contributed by atoms with Crippen molar-refractivity contribution in [2.45, 2.75) is 13.1 Å². The van der Waals surface area contributed by atoms with Gasteiger partial charge in [-0.15, -0.1) is 0 Å². The number of hydrogen-bond donors (Lipinski definition) is 2. The lowest BCUT2D eigenvalue weighted by atomic mass is 10.4. The van der Waals surface area contributed by atoms with Crippen molar-refractivity contribution in [3.05, 3.63) is 57.1 Å². The van der Waals surface area contributed by atoms with Crippen LogP contribution in [0.1, 0.15) is 21.2 Å². The van der Waals surface area contributed by atoms with Crippen molar-refractivity contribution in [2.75, 3.05) is 5.73 Å². The second-order valence-electron chi connectivity index (χ2n) is 4.51. The van der Waals surface area contributed by atoms with E-state index in [0.29, 0.717) is 33.5 Å². The summed E-state index contributed by atoms with van der Waals surface area (Å²) in [5.41, 5.74) is 6.05. The number of aromatic nitrogens is 1. The summed E-state index contributed by atoms with van der Waals surface area (Å²) in [6.07, 6.45) is 3.14. The van der Waals surface area contributed by atoms with Crippen LogP contribution in [0.2, 0.25) is 0 Å². The highest BCUT2D eigenvalue weighted by Gasteiger charge is 2.17. The first-order chi connectivity index (χ1) is 10.6. The van der Waals surface area contributed by atoms with E-state index < -0.39 is 0 Å². The fraction of sp³-hybridized carbons (Fsp3) is 0.143. The number of thiazole rings is 1. The van der Waals surface area contributed by atoms with Crippen LogP contribution in [0.4, 0.5) is 5.82 Å². The second-order valence-corrected chi connectivity index (χ2v) is 6.15. The number of nitrogens with zero attached hydrogens (tertiary/aromatic N) is 1. The number of furan rings is 2. The molecule has 6 nitrogen and oxygen atoms in total. The van der Waals surface area contributed by atoms with Gasteiger partial charge in [0, 0.05) is 0 Å². The van der Waals surface area contributed by atoms with Gasteiger partial charge in [-0.2, -0.15) is 0 Å². The quantitative estimate of drug-likeness (QED) is 0.700. The van der Waals surface area contributed by atoms with Gasteiger partial charge in [0.2, 0.25) is 0 Å². The minimum Gasteiger partial charge on any atom is -0.467 e. The SMILES string of the molecule is Nc1c(C(=O)NCc2ccco2)sc(=S)n1Cc1ccco1. The van der Waals surface area contributed by atoms with E-state index >= 15 is 0 Å². The molecule has 3 aromatic rings. The van der Waals surface area contributed by atoms with Crippen molar-refractivity contribution in [1.82, 2.24) is 9.88 Å². The topological polar surface area (TPSA) is 86.3 Å². The normalized spacial score (nSPS) is 10.7. The van der Waals surface area contributed by atoms with Gasteiger partial charge in [-0.25, -0.2) is 0 Å². The zero-order chi connectivity index (χ0) is 15.5. The molecule has 0 unspecified atom stereocenters. The van der Waals surface area contributed by atoms with Crippen LogP contribution in [-0.4, -0.2) is 10.5 Å². The average Bonchev–Trinajstić information content (AvgIpc) is 3.23. The third-order valence-electron chi connectivity index (χ3n) is 3.04. The Morgan fingerprint density at radius 3 is 2.59 bits per heavy atom. The van der Waals surface area contributed by atoms with Crippen molar-refractivity contribution in [3.8, 4) is 0 Å². The molecular formula is C14H13N3O3S2. The van der Waals surface area contributed by atoms with E-state index in [1.165, 1.54) is 11.3 Å². The third-order valence-corrected chi connectivity index (χ3v) is 4.50. The number of nitrogens with one attached hydrogen (secondary N) is 1. The van der Waals surface area contributed by atoms with Gasteiger partial charge in [-0.05, 0) is 36.5 Å². The predicted octanol–water partition coefficient (Wildman–Crippen LogP) is 3.03. The standard InChI is InChI=1S/C14H13N3O3S2/c15-12-11(13(18)16-7-9-3-1-5-19-9)22-14(21)17(12)8-10-4-2-6-20-10/h1-6H,7-8,15H2,(H,16,18). The van der Waals surface area contributed by atoms with Crippen LogP contribution in [0.25, 0.3) is 0 Å². The van der Waals surface area contributed by atoms with Crippen LogP contribution in [0.15, 0.2) is 45.6 Å². The second kappa shape index (κ2) is 6.20. The first kappa shape index (κ1) is 14.6. The molecule has 0 aromatic carbocycles. The monoisotopic (exact) mass is 335 g/mol. The van der Waals surface area contributed by atoms with E-state index in [2.05, 4.69) is 5.32 Å². The Balaban J connectivity index is 1.76. The largest absolute Gasteiger partial charge is 0.467 e. The van der Waals surface area contributed by atoms with Gasteiger partial charge >= 0.3 is 0 Å². The summed E-state index contributed by atoms with van der Waals surface area (Å²) in [6.45, 7) is 0.702. The Labute approximate surface area is 135 Å². The molecular weight excluding hydrogens is 322 g/mol. The van der Waals surface area contributed by atoms with Gasteiger partial charge < -0.3 is 24.5 Å². The number of carbonyl (C=O) groups is 1. The molecule has 0 fully saturated rings. The molecule has 0 aliphatic heterocycles. The fourth-order valence-corrected chi connectivity index (χ4v) is 3.19. The molecule has 0 radical (unpaired) electrons. The highest BCUT2D eigenvalue weighted by atomic mass is 32.1. The van der Waals surface area contributed by atoms with E-state index in [1.54, 1.807) is 35.3 Å². The molecule has 3 rings (SSSR count). The smallest absolute Gasteiger partial charge is 0.265 e. The summed E-state index contributed by atoms with van der Waals surface area (Å²) < 4.78 is 12.7. The van der Waals surface area contributed by atoms with Crippen LogP contribution in [0, 0.1) is 3.95 Å². The van der Waals surface area contributed by atoms with E-state index in [1.807, 2.05) is 6.07 Å². The molecule has 22 heavy (non-hydrogen) atoms. The Morgan fingerprint density at radius 1 is 1.27 bits per heavy atom. The molecule has 114 valence electrons. The van der Waals surface area contributed by atoms with Crippen molar-refractivity contribution in [2.24, 2.45) is 0 Å². The molecule has 1 amide bonds. The zero-order valence-electron chi connectivity index (χ0n) is 11.4. The zero-order valence-corrected chi connectivity index (χ0v) is 13.1.